The summed E-state index contributed by atoms with van der Waals surface area (Å²) in [7, 11) is 0. The number of benzene rings is 2. The van der Waals surface area contributed by atoms with Crippen molar-refractivity contribution in [3.8, 4) is 0 Å². The molecule has 3 rings (SSSR count). The lowest BCUT2D eigenvalue weighted by Crippen LogP contribution is -2.33. The van der Waals surface area contributed by atoms with Crippen molar-refractivity contribution in [1.29, 1.82) is 0 Å². The lowest BCUT2D eigenvalue weighted by atomic mass is 10.0. The van der Waals surface area contributed by atoms with Gasteiger partial charge in [-0.1, -0.05) is 40.2 Å². The molecule has 2 aromatic carbocycles. The van der Waals surface area contributed by atoms with Crippen molar-refractivity contribution in [1.82, 2.24) is 5.32 Å². The standard InChI is InChI=1S/C16H15BrN2S2/c17-11-4-3-5-12(10-11)18-16(20)19-14-8-9-21-15-7-2-1-6-13(14)15/h1-7,10,14H,8-9H2,(H2,18,19,20)/t14-/m0/s1. The van der Waals surface area contributed by atoms with Gasteiger partial charge in [0.1, 0.15) is 0 Å². The van der Waals surface area contributed by atoms with E-state index in [0.717, 1.165) is 22.3 Å². The molecule has 0 amide bonds. The molecule has 0 radical (unpaired) electrons. The molecule has 0 bridgehead atoms. The van der Waals surface area contributed by atoms with Crippen LogP contribution in [0.1, 0.15) is 18.0 Å². The number of anilines is 1. The van der Waals surface area contributed by atoms with E-state index < -0.39 is 0 Å². The average molecular weight is 379 g/mol. The van der Waals surface area contributed by atoms with E-state index in [0.29, 0.717) is 5.11 Å². The van der Waals surface area contributed by atoms with Crippen molar-refractivity contribution in [2.45, 2.75) is 17.4 Å². The summed E-state index contributed by atoms with van der Waals surface area (Å²) in [6.07, 6.45) is 1.09. The second-order valence-corrected chi connectivity index (χ2v) is 7.30. The third-order valence-corrected chi connectivity index (χ3v) is 5.18. The molecular formula is C16H15BrN2S2. The fraction of sp³-hybridized carbons (Fsp3) is 0.188. The van der Waals surface area contributed by atoms with Crippen molar-refractivity contribution < 1.29 is 0 Å². The van der Waals surface area contributed by atoms with Crippen LogP contribution in [0.4, 0.5) is 5.69 Å². The minimum Gasteiger partial charge on any atom is -0.356 e. The minimum atomic E-state index is 0.287. The van der Waals surface area contributed by atoms with Gasteiger partial charge < -0.3 is 10.6 Å². The van der Waals surface area contributed by atoms with Crippen LogP contribution in [0.2, 0.25) is 0 Å². The summed E-state index contributed by atoms with van der Waals surface area (Å²) in [5.74, 6) is 1.12. The third kappa shape index (κ3) is 3.78. The van der Waals surface area contributed by atoms with Crippen molar-refractivity contribution in [2.75, 3.05) is 11.1 Å². The molecule has 1 heterocycles. The summed E-state index contributed by atoms with van der Waals surface area (Å²) in [6, 6.07) is 16.8. The van der Waals surface area contributed by atoms with Crippen LogP contribution in [0.15, 0.2) is 57.9 Å². The number of fused-ring (bicyclic) bond motifs is 1. The van der Waals surface area contributed by atoms with Gasteiger partial charge in [0.2, 0.25) is 0 Å². The Kier molecular flexibility index (Phi) is 4.83. The Morgan fingerprint density at radius 2 is 2.05 bits per heavy atom. The molecule has 0 aliphatic carbocycles. The molecule has 2 N–H and O–H groups in total. The smallest absolute Gasteiger partial charge is 0.171 e. The molecule has 0 saturated heterocycles. The SMILES string of the molecule is S=C(Nc1cccc(Br)c1)N[C@H]1CCSc2ccccc21. The van der Waals surface area contributed by atoms with Gasteiger partial charge in [0.15, 0.2) is 5.11 Å². The van der Waals surface area contributed by atoms with Crippen LogP contribution in [-0.4, -0.2) is 10.9 Å². The first-order valence-corrected chi connectivity index (χ1v) is 8.96. The summed E-state index contributed by atoms with van der Waals surface area (Å²) in [4.78, 5) is 1.35. The maximum atomic E-state index is 5.44. The molecular weight excluding hydrogens is 364 g/mol. The molecule has 2 nitrogen and oxygen atoms in total. The van der Waals surface area contributed by atoms with E-state index in [9.17, 15) is 0 Å². The van der Waals surface area contributed by atoms with Crippen LogP contribution in [0.25, 0.3) is 0 Å². The van der Waals surface area contributed by atoms with Crippen LogP contribution >= 0.6 is 39.9 Å². The molecule has 0 fully saturated rings. The summed E-state index contributed by atoms with van der Waals surface area (Å²) < 4.78 is 1.04. The average Bonchev–Trinajstić information content (AvgIpc) is 2.47. The van der Waals surface area contributed by atoms with E-state index in [1.165, 1.54) is 10.5 Å². The molecule has 21 heavy (non-hydrogen) atoms. The highest BCUT2D eigenvalue weighted by atomic mass is 79.9. The van der Waals surface area contributed by atoms with E-state index >= 15 is 0 Å². The minimum absolute atomic E-state index is 0.287. The highest BCUT2D eigenvalue weighted by Crippen LogP contribution is 2.35. The first kappa shape index (κ1) is 14.9. The van der Waals surface area contributed by atoms with Gasteiger partial charge in [0, 0.05) is 20.8 Å². The molecule has 0 aromatic heterocycles. The van der Waals surface area contributed by atoms with Crippen molar-refractivity contribution >= 4 is 50.7 Å². The summed E-state index contributed by atoms with van der Waals surface area (Å²) in [5.41, 5.74) is 2.33. The van der Waals surface area contributed by atoms with Crippen LogP contribution in [0.3, 0.4) is 0 Å². The Morgan fingerprint density at radius 3 is 2.90 bits per heavy atom. The fourth-order valence-electron chi connectivity index (χ4n) is 2.38. The summed E-state index contributed by atoms with van der Waals surface area (Å²) in [6.45, 7) is 0. The first-order valence-electron chi connectivity index (χ1n) is 6.77. The second-order valence-electron chi connectivity index (χ2n) is 4.84. The Hall–Kier alpha value is -1.04. The predicted octanol–water partition coefficient (Wildman–Crippen LogP) is 4.97. The lowest BCUT2D eigenvalue weighted by Gasteiger charge is -2.27. The normalized spacial score (nSPS) is 16.9. The van der Waals surface area contributed by atoms with Crippen molar-refractivity contribution in [3.63, 3.8) is 0 Å². The quantitative estimate of drug-likeness (QED) is 0.720. The summed E-state index contributed by atoms with van der Waals surface area (Å²) >= 11 is 10.8. The molecule has 5 heteroatoms. The van der Waals surface area contributed by atoms with E-state index in [1.807, 2.05) is 36.0 Å². The number of hydrogen-bond donors (Lipinski definition) is 2. The highest BCUT2D eigenvalue weighted by molar-refractivity contribution is 9.10. The zero-order valence-corrected chi connectivity index (χ0v) is 14.5. The third-order valence-electron chi connectivity index (χ3n) is 3.35. The molecule has 1 atom stereocenters. The van der Waals surface area contributed by atoms with Gasteiger partial charge >= 0.3 is 0 Å². The van der Waals surface area contributed by atoms with Gasteiger partial charge in [-0.15, -0.1) is 11.8 Å². The second kappa shape index (κ2) is 6.81. The maximum Gasteiger partial charge on any atom is 0.171 e. The molecule has 0 saturated carbocycles. The Balaban J connectivity index is 1.68. The van der Waals surface area contributed by atoms with Crippen molar-refractivity contribution in [2.24, 2.45) is 0 Å². The van der Waals surface area contributed by atoms with E-state index in [2.05, 4.69) is 50.8 Å². The molecule has 1 aliphatic rings. The zero-order valence-electron chi connectivity index (χ0n) is 11.3. The fourth-order valence-corrected chi connectivity index (χ4v) is 4.17. The molecule has 2 aromatic rings. The zero-order chi connectivity index (χ0) is 14.7. The van der Waals surface area contributed by atoms with Crippen LogP contribution < -0.4 is 10.6 Å². The number of nitrogens with one attached hydrogen (secondary N) is 2. The first-order chi connectivity index (χ1) is 10.2. The highest BCUT2D eigenvalue weighted by Gasteiger charge is 2.20. The largest absolute Gasteiger partial charge is 0.356 e. The lowest BCUT2D eigenvalue weighted by molar-refractivity contribution is 0.614. The molecule has 1 aliphatic heterocycles. The molecule has 0 unspecified atom stereocenters. The van der Waals surface area contributed by atoms with Crippen LogP contribution in [0, 0.1) is 0 Å². The predicted molar refractivity (Wildman–Crippen MR) is 98.0 cm³/mol. The van der Waals surface area contributed by atoms with Gasteiger partial charge in [-0.25, -0.2) is 0 Å². The van der Waals surface area contributed by atoms with E-state index in [4.69, 9.17) is 12.2 Å². The van der Waals surface area contributed by atoms with Gasteiger partial charge in [0.25, 0.3) is 0 Å². The van der Waals surface area contributed by atoms with Gasteiger partial charge in [0.05, 0.1) is 6.04 Å². The van der Waals surface area contributed by atoms with E-state index in [-0.39, 0.29) is 6.04 Å². The number of rotatable bonds is 2. The number of thiocarbonyl (C=S) groups is 1. The van der Waals surface area contributed by atoms with Gasteiger partial charge in [-0.3, -0.25) is 0 Å². The topological polar surface area (TPSA) is 24.1 Å². The summed E-state index contributed by atoms with van der Waals surface area (Å²) in [5, 5.41) is 7.35. The van der Waals surface area contributed by atoms with Gasteiger partial charge in [-0.2, -0.15) is 0 Å². The number of hydrogen-bond acceptors (Lipinski definition) is 2. The molecule has 0 spiro atoms. The maximum absolute atomic E-state index is 5.44. The van der Waals surface area contributed by atoms with Crippen LogP contribution in [0.5, 0.6) is 0 Å². The van der Waals surface area contributed by atoms with E-state index in [1.54, 1.807) is 0 Å². The molecule has 108 valence electrons. The number of halogens is 1. The van der Waals surface area contributed by atoms with Gasteiger partial charge in [-0.05, 0) is 48.5 Å². The number of thioether (sulfide) groups is 1. The van der Waals surface area contributed by atoms with Crippen molar-refractivity contribution in [3.05, 3.63) is 58.6 Å². The Bertz CT molecular complexity index is 660. The van der Waals surface area contributed by atoms with Crippen LogP contribution in [-0.2, 0) is 0 Å². The monoisotopic (exact) mass is 378 g/mol. The Labute approximate surface area is 142 Å². The Morgan fingerprint density at radius 1 is 1.19 bits per heavy atom.